The van der Waals surface area contributed by atoms with E-state index >= 15 is 0 Å². The molecule has 1 fully saturated rings. The first kappa shape index (κ1) is 18.6. The molecule has 0 spiro atoms. The van der Waals surface area contributed by atoms with Gasteiger partial charge in [0, 0.05) is 44.6 Å². The second-order valence-corrected chi connectivity index (χ2v) is 8.74. The molecular weight excluding hydrogens is 376 g/mol. The van der Waals surface area contributed by atoms with Crippen molar-refractivity contribution in [3.8, 4) is 5.82 Å². The van der Waals surface area contributed by atoms with Crippen LogP contribution in [0.3, 0.4) is 0 Å². The maximum Gasteiger partial charge on any atom is 0.243 e. The van der Waals surface area contributed by atoms with Crippen LogP contribution in [-0.4, -0.2) is 58.4 Å². The zero-order valence-electron chi connectivity index (χ0n) is 15.9. The molecule has 0 aliphatic carbocycles. The predicted molar refractivity (Wildman–Crippen MR) is 106 cm³/mol. The molecule has 1 saturated heterocycles. The van der Waals surface area contributed by atoms with E-state index < -0.39 is 10.0 Å². The fourth-order valence-corrected chi connectivity index (χ4v) is 4.66. The molecule has 0 amide bonds. The van der Waals surface area contributed by atoms with E-state index in [-0.39, 0.29) is 0 Å². The summed E-state index contributed by atoms with van der Waals surface area (Å²) in [7, 11) is -3.47. The first-order valence-electron chi connectivity index (χ1n) is 9.09. The van der Waals surface area contributed by atoms with Crippen molar-refractivity contribution in [2.75, 3.05) is 31.1 Å². The quantitative estimate of drug-likeness (QED) is 0.666. The minimum Gasteiger partial charge on any atom is -0.354 e. The highest BCUT2D eigenvalue weighted by Gasteiger charge is 2.29. The average molecular weight is 398 g/mol. The summed E-state index contributed by atoms with van der Waals surface area (Å²) in [6, 6.07) is 8.89. The summed E-state index contributed by atoms with van der Waals surface area (Å²) in [6.07, 6.45) is 5.22. The van der Waals surface area contributed by atoms with Crippen LogP contribution in [0.4, 0.5) is 5.82 Å². The van der Waals surface area contributed by atoms with Crippen molar-refractivity contribution in [1.29, 1.82) is 0 Å². The van der Waals surface area contributed by atoms with E-state index in [0.29, 0.717) is 36.9 Å². The van der Waals surface area contributed by atoms with Gasteiger partial charge < -0.3 is 4.90 Å². The van der Waals surface area contributed by atoms with E-state index in [1.165, 1.54) is 0 Å². The molecule has 3 heterocycles. The molecule has 0 unspecified atom stereocenters. The number of piperazine rings is 1. The van der Waals surface area contributed by atoms with Gasteiger partial charge in [-0.25, -0.2) is 23.4 Å². The molecule has 3 aromatic rings. The van der Waals surface area contributed by atoms with Crippen LogP contribution in [0.2, 0.25) is 0 Å². The Labute approximate surface area is 164 Å². The Balaban J connectivity index is 1.51. The number of imidazole rings is 1. The van der Waals surface area contributed by atoms with Crippen LogP contribution in [0.25, 0.3) is 5.82 Å². The van der Waals surface area contributed by atoms with Gasteiger partial charge in [-0.2, -0.15) is 4.31 Å². The zero-order chi connectivity index (χ0) is 19.7. The number of benzene rings is 1. The minimum atomic E-state index is -3.47. The average Bonchev–Trinajstić information content (AvgIpc) is 3.23. The molecule has 2 aromatic heterocycles. The van der Waals surface area contributed by atoms with Gasteiger partial charge in [-0.1, -0.05) is 17.7 Å². The molecule has 0 saturated carbocycles. The van der Waals surface area contributed by atoms with Gasteiger partial charge in [-0.3, -0.25) is 4.57 Å². The normalized spacial score (nSPS) is 15.7. The third-order valence-electron chi connectivity index (χ3n) is 4.80. The number of rotatable bonds is 4. The monoisotopic (exact) mass is 398 g/mol. The third kappa shape index (κ3) is 3.63. The number of nitrogens with zero attached hydrogens (tertiary/aromatic N) is 6. The molecule has 0 radical (unpaired) electrons. The van der Waals surface area contributed by atoms with Gasteiger partial charge in [0.15, 0.2) is 0 Å². The smallest absolute Gasteiger partial charge is 0.243 e. The van der Waals surface area contributed by atoms with Crippen molar-refractivity contribution in [3.05, 3.63) is 60.4 Å². The molecule has 0 atom stereocenters. The Morgan fingerprint density at radius 1 is 0.929 bits per heavy atom. The van der Waals surface area contributed by atoms with Crippen LogP contribution in [0.15, 0.2) is 53.9 Å². The summed E-state index contributed by atoms with van der Waals surface area (Å²) < 4.78 is 29.1. The molecule has 1 aromatic carbocycles. The summed E-state index contributed by atoms with van der Waals surface area (Å²) in [4.78, 5) is 15.5. The van der Waals surface area contributed by atoms with Gasteiger partial charge in [0.05, 0.1) is 4.90 Å². The van der Waals surface area contributed by atoms with Crippen molar-refractivity contribution in [3.63, 3.8) is 0 Å². The van der Waals surface area contributed by atoms with Crippen LogP contribution in [0.1, 0.15) is 11.4 Å². The van der Waals surface area contributed by atoms with Crippen molar-refractivity contribution < 1.29 is 8.42 Å². The Morgan fingerprint density at radius 3 is 2.25 bits per heavy atom. The first-order valence-corrected chi connectivity index (χ1v) is 10.5. The van der Waals surface area contributed by atoms with Crippen LogP contribution in [0.5, 0.6) is 0 Å². The SMILES string of the molecule is Cc1ccc(S(=O)(=O)N2CCN(c3cc(-n4ccnc4)nc(C)n3)CC2)cc1. The van der Waals surface area contributed by atoms with Gasteiger partial charge in [-0.05, 0) is 26.0 Å². The molecule has 28 heavy (non-hydrogen) atoms. The van der Waals surface area contributed by atoms with E-state index in [0.717, 1.165) is 17.2 Å². The number of anilines is 1. The first-order chi connectivity index (χ1) is 13.4. The summed E-state index contributed by atoms with van der Waals surface area (Å²) in [5.74, 6) is 2.20. The number of aryl methyl sites for hydroxylation is 2. The Hall–Kier alpha value is -2.78. The molecule has 8 nitrogen and oxygen atoms in total. The molecular formula is C19H22N6O2S. The van der Waals surface area contributed by atoms with Crippen molar-refractivity contribution in [1.82, 2.24) is 23.8 Å². The van der Waals surface area contributed by atoms with Crippen LogP contribution >= 0.6 is 0 Å². The number of hydrogen-bond donors (Lipinski definition) is 0. The van der Waals surface area contributed by atoms with E-state index in [4.69, 9.17) is 0 Å². The van der Waals surface area contributed by atoms with E-state index in [1.807, 2.05) is 42.8 Å². The third-order valence-corrected chi connectivity index (χ3v) is 6.71. The Morgan fingerprint density at radius 2 is 1.61 bits per heavy atom. The Kier molecular flexibility index (Phi) is 4.86. The van der Waals surface area contributed by atoms with Crippen LogP contribution < -0.4 is 4.90 Å². The molecule has 0 bridgehead atoms. The molecule has 9 heteroatoms. The molecule has 1 aliphatic rings. The largest absolute Gasteiger partial charge is 0.354 e. The number of aromatic nitrogens is 4. The summed E-state index contributed by atoms with van der Waals surface area (Å²) in [6.45, 7) is 5.77. The van der Waals surface area contributed by atoms with Gasteiger partial charge >= 0.3 is 0 Å². The summed E-state index contributed by atoms with van der Waals surface area (Å²) in [5.41, 5.74) is 1.04. The van der Waals surface area contributed by atoms with Crippen molar-refractivity contribution in [2.45, 2.75) is 18.7 Å². The molecule has 1 aliphatic heterocycles. The van der Waals surface area contributed by atoms with E-state index in [1.54, 1.807) is 29.0 Å². The lowest BCUT2D eigenvalue weighted by Gasteiger charge is -2.34. The number of hydrogen-bond acceptors (Lipinski definition) is 6. The molecule has 146 valence electrons. The van der Waals surface area contributed by atoms with Crippen molar-refractivity contribution in [2.24, 2.45) is 0 Å². The summed E-state index contributed by atoms with van der Waals surface area (Å²) >= 11 is 0. The number of sulfonamides is 1. The predicted octanol–water partition coefficient (Wildman–Crippen LogP) is 1.79. The fourth-order valence-electron chi connectivity index (χ4n) is 3.24. The maximum atomic E-state index is 12.9. The van der Waals surface area contributed by atoms with Crippen LogP contribution in [0, 0.1) is 13.8 Å². The van der Waals surface area contributed by atoms with E-state index in [9.17, 15) is 8.42 Å². The highest BCUT2D eigenvalue weighted by Crippen LogP contribution is 2.21. The maximum absolute atomic E-state index is 12.9. The lowest BCUT2D eigenvalue weighted by atomic mass is 10.2. The highest BCUT2D eigenvalue weighted by atomic mass is 32.2. The van der Waals surface area contributed by atoms with Gasteiger partial charge in [0.1, 0.15) is 23.8 Å². The van der Waals surface area contributed by atoms with E-state index in [2.05, 4.69) is 19.9 Å². The fraction of sp³-hybridized carbons (Fsp3) is 0.316. The molecule has 0 N–H and O–H groups in total. The second kappa shape index (κ2) is 7.33. The van der Waals surface area contributed by atoms with Crippen molar-refractivity contribution >= 4 is 15.8 Å². The lowest BCUT2D eigenvalue weighted by molar-refractivity contribution is 0.383. The minimum absolute atomic E-state index is 0.340. The second-order valence-electron chi connectivity index (χ2n) is 6.81. The van der Waals surface area contributed by atoms with Gasteiger partial charge in [0.25, 0.3) is 0 Å². The van der Waals surface area contributed by atoms with Gasteiger partial charge in [0.2, 0.25) is 10.0 Å². The lowest BCUT2D eigenvalue weighted by Crippen LogP contribution is -2.49. The zero-order valence-corrected chi connectivity index (χ0v) is 16.7. The highest BCUT2D eigenvalue weighted by molar-refractivity contribution is 7.89. The van der Waals surface area contributed by atoms with Crippen LogP contribution in [-0.2, 0) is 10.0 Å². The molecule has 4 rings (SSSR count). The van der Waals surface area contributed by atoms with Gasteiger partial charge in [-0.15, -0.1) is 0 Å². The Bertz CT molecular complexity index is 1060. The topological polar surface area (TPSA) is 84.2 Å². The summed E-state index contributed by atoms with van der Waals surface area (Å²) in [5, 5.41) is 0. The standard InChI is InChI=1S/C19H22N6O2S/c1-15-3-5-17(6-4-15)28(26,27)25-11-9-23(10-12-25)18-13-19(22-16(2)21-18)24-8-7-20-14-24/h3-8,13-14H,9-12H2,1-2H3.